The van der Waals surface area contributed by atoms with Crippen LogP contribution in [-0.2, 0) is 0 Å². The zero-order valence-corrected chi connectivity index (χ0v) is 11.4. The molecule has 0 radical (unpaired) electrons. The monoisotopic (exact) mass is 260 g/mol. The Morgan fingerprint density at radius 1 is 1.05 bits per heavy atom. The minimum absolute atomic E-state index is 0.192. The molecule has 1 fully saturated rings. The van der Waals surface area contributed by atoms with E-state index in [4.69, 9.17) is 9.47 Å². The Kier molecular flexibility index (Phi) is 3.21. The fourth-order valence-electron chi connectivity index (χ4n) is 3.09. The molecule has 0 amide bonds. The molecule has 3 heteroatoms. The van der Waals surface area contributed by atoms with Gasteiger partial charge in [-0.05, 0) is 31.0 Å². The summed E-state index contributed by atoms with van der Waals surface area (Å²) in [5.74, 6) is 1.71. The van der Waals surface area contributed by atoms with Gasteiger partial charge in [0.05, 0.1) is 0 Å². The second-order valence-corrected chi connectivity index (χ2v) is 5.81. The number of ether oxygens (including phenoxy) is 2. The van der Waals surface area contributed by atoms with Crippen LogP contribution in [-0.4, -0.2) is 19.0 Å². The van der Waals surface area contributed by atoms with E-state index in [0.29, 0.717) is 19.0 Å². The molecule has 0 bridgehead atoms. The number of benzene rings is 1. The van der Waals surface area contributed by atoms with E-state index in [1.54, 1.807) is 0 Å². The molecule has 0 spiro atoms. The third-order valence-corrected chi connectivity index (χ3v) is 4.31. The number of hydrogen-bond donors (Lipinski definition) is 0. The fraction of sp³-hybridized carbons (Fsp3) is 0.562. The van der Waals surface area contributed by atoms with Crippen LogP contribution in [0.3, 0.4) is 0 Å². The SMILES string of the molecule is CC1(C(=O)c2ccc3c(c2)OCCO3)CCCCC1. The van der Waals surface area contributed by atoms with Crippen molar-refractivity contribution in [1.29, 1.82) is 0 Å². The van der Waals surface area contributed by atoms with Gasteiger partial charge in [-0.3, -0.25) is 4.79 Å². The summed E-state index contributed by atoms with van der Waals surface area (Å²) in [5, 5.41) is 0. The van der Waals surface area contributed by atoms with E-state index < -0.39 is 0 Å². The fourth-order valence-corrected chi connectivity index (χ4v) is 3.09. The lowest BCUT2D eigenvalue weighted by molar-refractivity contribution is 0.0748. The third kappa shape index (κ3) is 2.34. The summed E-state index contributed by atoms with van der Waals surface area (Å²) in [5.41, 5.74) is 0.566. The molecular formula is C16H20O3. The number of carbonyl (C=O) groups is 1. The Balaban J connectivity index is 1.87. The molecule has 102 valence electrons. The quantitative estimate of drug-likeness (QED) is 0.762. The lowest BCUT2D eigenvalue weighted by Crippen LogP contribution is -2.30. The lowest BCUT2D eigenvalue weighted by Gasteiger charge is -2.32. The molecule has 0 atom stereocenters. The van der Waals surface area contributed by atoms with Crippen LogP contribution in [0.5, 0.6) is 11.5 Å². The van der Waals surface area contributed by atoms with Crippen LogP contribution >= 0.6 is 0 Å². The first kappa shape index (κ1) is 12.5. The molecule has 3 nitrogen and oxygen atoms in total. The molecule has 19 heavy (non-hydrogen) atoms. The standard InChI is InChI=1S/C16H20O3/c1-16(7-3-2-4-8-16)15(17)12-5-6-13-14(11-12)19-10-9-18-13/h5-6,11H,2-4,7-10H2,1H3. The summed E-state index contributed by atoms with van der Waals surface area (Å²) in [6.07, 6.45) is 5.57. The van der Waals surface area contributed by atoms with E-state index in [1.807, 2.05) is 18.2 Å². The molecule has 0 saturated heterocycles. The van der Waals surface area contributed by atoms with E-state index >= 15 is 0 Å². The minimum Gasteiger partial charge on any atom is -0.486 e. The zero-order valence-electron chi connectivity index (χ0n) is 11.4. The van der Waals surface area contributed by atoms with Crippen molar-refractivity contribution in [1.82, 2.24) is 0 Å². The molecule has 1 heterocycles. The summed E-state index contributed by atoms with van der Waals surface area (Å²) >= 11 is 0. The second kappa shape index (κ2) is 4.87. The van der Waals surface area contributed by atoms with E-state index in [0.717, 1.165) is 37.0 Å². The normalized spacial score (nSPS) is 20.9. The smallest absolute Gasteiger partial charge is 0.168 e. The van der Waals surface area contributed by atoms with Crippen LogP contribution in [0.25, 0.3) is 0 Å². The number of ketones is 1. The third-order valence-electron chi connectivity index (χ3n) is 4.31. The Bertz CT molecular complexity index is 487. The number of Topliss-reactive ketones (excluding diaryl/α,β-unsaturated/α-hetero) is 1. The van der Waals surface area contributed by atoms with Crippen LogP contribution < -0.4 is 9.47 Å². The summed E-state index contributed by atoms with van der Waals surface area (Å²) in [7, 11) is 0. The highest BCUT2D eigenvalue weighted by Gasteiger charge is 2.35. The van der Waals surface area contributed by atoms with Gasteiger partial charge in [0.2, 0.25) is 0 Å². The number of carbonyl (C=O) groups excluding carboxylic acids is 1. The average molecular weight is 260 g/mol. The Morgan fingerprint density at radius 3 is 2.47 bits per heavy atom. The maximum atomic E-state index is 12.7. The zero-order chi connectivity index (χ0) is 13.3. The van der Waals surface area contributed by atoms with E-state index in [9.17, 15) is 4.79 Å². The molecule has 0 unspecified atom stereocenters. The van der Waals surface area contributed by atoms with Crippen molar-refractivity contribution >= 4 is 5.78 Å². The molecule has 1 aromatic rings. The Morgan fingerprint density at radius 2 is 1.74 bits per heavy atom. The molecule has 1 aliphatic carbocycles. The maximum absolute atomic E-state index is 12.7. The average Bonchev–Trinajstić information content (AvgIpc) is 2.47. The molecule has 1 aliphatic heterocycles. The minimum atomic E-state index is -0.192. The van der Waals surface area contributed by atoms with Gasteiger partial charge in [-0.1, -0.05) is 26.2 Å². The van der Waals surface area contributed by atoms with Crippen LogP contribution in [0.1, 0.15) is 49.4 Å². The van der Waals surface area contributed by atoms with Crippen LogP contribution in [0.15, 0.2) is 18.2 Å². The van der Waals surface area contributed by atoms with Gasteiger partial charge in [0.15, 0.2) is 17.3 Å². The number of rotatable bonds is 2. The van der Waals surface area contributed by atoms with Gasteiger partial charge in [-0.2, -0.15) is 0 Å². The van der Waals surface area contributed by atoms with Gasteiger partial charge >= 0.3 is 0 Å². The first-order valence-electron chi connectivity index (χ1n) is 7.13. The molecular weight excluding hydrogens is 240 g/mol. The van der Waals surface area contributed by atoms with Crippen molar-refractivity contribution in [2.24, 2.45) is 5.41 Å². The topological polar surface area (TPSA) is 35.5 Å². The number of hydrogen-bond acceptors (Lipinski definition) is 3. The highest BCUT2D eigenvalue weighted by atomic mass is 16.6. The van der Waals surface area contributed by atoms with Crippen molar-refractivity contribution in [2.75, 3.05) is 13.2 Å². The predicted molar refractivity (Wildman–Crippen MR) is 73.0 cm³/mol. The van der Waals surface area contributed by atoms with Crippen molar-refractivity contribution in [3.63, 3.8) is 0 Å². The Labute approximate surface area is 113 Å². The lowest BCUT2D eigenvalue weighted by atomic mass is 9.71. The van der Waals surface area contributed by atoms with Crippen molar-refractivity contribution in [3.05, 3.63) is 23.8 Å². The first-order valence-corrected chi connectivity index (χ1v) is 7.13. The van der Waals surface area contributed by atoms with Gasteiger partial charge < -0.3 is 9.47 Å². The summed E-state index contributed by atoms with van der Waals surface area (Å²) < 4.78 is 11.0. The van der Waals surface area contributed by atoms with E-state index in [2.05, 4.69) is 6.92 Å². The molecule has 0 aromatic heterocycles. The second-order valence-electron chi connectivity index (χ2n) is 5.81. The predicted octanol–water partition coefficient (Wildman–Crippen LogP) is 3.61. The van der Waals surface area contributed by atoms with Gasteiger partial charge in [-0.25, -0.2) is 0 Å². The Hall–Kier alpha value is -1.51. The molecule has 1 aromatic carbocycles. The van der Waals surface area contributed by atoms with E-state index in [-0.39, 0.29) is 11.2 Å². The summed E-state index contributed by atoms with van der Waals surface area (Å²) in [6.45, 7) is 3.24. The highest BCUT2D eigenvalue weighted by Crippen LogP contribution is 2.40. The maximum Gasteiger partial charge on any atom is 0.168 e. The summed E-state index contributed by atoms with van der Waals surface area (Å²) in [4.78, 5) is 12.7. The van der Waals surface area contributed by atoms with Crippen LogP contribution in [0.4, 0.5) is 0 Å². The summed E-state index contributed by atoms with van der Waals surface area (Å²) in [6, 6.07) is 5.57. The van der Waals surface area contributed by atoms with Gasteiger partial charge in [0, 0.05) is 11.0 Å². The molecule has 0 N–H and O–H groups in total. The largest absolute Gasteiger partial charge is 0.486 e. The van der Waals surface area contributed by atoms with Crippen molar-refractivity contribution in [2.45, 2.75) is 39.0 Å². The van der Waals surface area contributed by atoms with Gasteiger partial charge in [0.25, 0.3) is 0 Å². The van der Waals surface area contributed by atoms with Crippen molar-refractivity contribution in [3.8, 4) is 11.5 Å². The first-order chi connectivity index (χ1) is 9.19. The molecule has 2 aliphatic rings. The highest BCUT2D eigenvalue weighted by molar-refractivity contribution is 6.00. The van der Waals surface area contributed by atoms with Gasteiger partial charge in [-0.15, -0.1) is 0 Å². The van der Waals surface area contributed by atoms with Crippen molar-refractivity contribution < 1.29 is 14.3 Å². The van der Waals surface area contributed by atoms with Crippen LogP contribution in [0.2, 0.25) is 0 Å². The molecule has 1 saturated carbocycles. The molecule has 3 rings (SSSR count). The van der Waals surface area contributed by atoms with Crippen LogP contribution in [0, 0.1) is 5.41 Å². The number of fused-ring (bicyclic) bond motifs is 1. The van der Waals surface area contributed by atoms with Gasteiger partial charge in [0.1, 0.15) is 13.2 Å². The van der Waals surface area contributed by atoms with E-state index in [1.165, 1.54) is 6.42 Å².